The number of ether oxygens (including phenoxy) is 1. The van der Waals surface area contributed by atoms with E-state index < -0.39 is 0 Å². The topological polar surface area (TPSA) is 58.6 Å². The number of aliphatic hydroxyl groups is 1. The Hall–Kier alpha value is -1.55. The van der Waals surface area contributed by atoms with Crippen LogP contribution in [-0.2, 0) is 16.0 Å². The first kappa shape index (κ1) is 15.5. The minimum absolute atomic E-state index is 0.136. The number of nitrogens with one attached hydrogen (secondary N) is 1. The van der Waals surface area contributed by atoms with Gasteiger partial charge in [0, 0.05) is 25.3 Å². The molecule has 4 heteroatoms. The van der Waals surface area contributed by atoms with Gasteiger partial charge in [-0.05, 0) is 43.9 Å². The van der Waals surface area contributed by atoms with E-state index in [0.29, 0.717) is 13.0 Å². The Kier molecular flexibility index (Phi) is 7.66. The third kappa shape index (κ3) is 6.82. The number of hydrogen-bond acceptors (Lipinski definition) is 4. The highest BCUT2D eigenvalue weighted by molar-refractivity contribution is 5.69. The predicted molar refractivity (Wildman–Crippen MR) is 76.2 cm³/mol. The lowest BCUT2D eigenvalue weighted by Gasteiger charge is -2.07. The number of carbonyl (C=O) groups is 1. The van der Waals surface area contributed by atoms with Crippen LogP contribution in [0.1, 0.15) is 31.7 Å². The van der Waals surface area contributed by atoms with E-state index in [1.165, 1.54) is 5.56 Å². The van der Waals surface area contributed by atoms with Gasteiger partial charge < -0.3 is 15.2 Å². The van der Waals surface area contributed by atoms with E-state index in [4.69, 9.17) is 9.84 Å². The molecule has 0 atom stereocenters. The molecule has 0 radical (unpaired) electrons. The Morgan fingerprint density at radius 3 is 2.63 bits per heavy atom. The molecule has 106 valence electrons. The van der Waals surface area contributed by atoms with Crippen LogP contribution in [0, 0.1) is 0 Å². The average Bonchev–Trinajstić information content (AvgIpc) is 2.43. The lowest BCUT2D eigenvalue weighted by atomic mass is 10.1. The van der Waals surface area contributed by atoms with Crippen molar-refractivity contribution in [2.75, 3.05) is 25.1 Å². The van der Waals surface area contributed by atoms with Crippen LogP contribution in [0.15, 0.2) is 24.3 Å². The van der Waals surface area contributed by atoms with E-state index in [0.717, 1.165) is 31.5 Å². The Balaban J connectivity index is 2.20. The molecule has 0 aliphatic rings. The van der Waals surface area contributed by atoms with E-state index in [2.05, 4.69) is 17.4 Å². The summed E-state index contributed by atoms with van der Waals surface area (Å²) in [5.74, 6) is -0.136. The predicted octanol–water partition coefficient (Wildman–Crippen LogP) is 2.37. The van der Waals surface area contributed by atoms with Crippen molar-refractivity contribution in [1.82, 2.24) is 0 Å². The highest BCUT2D eigenvalue weighted by Crippen LogP contribution is 2.11. The van der Waals surface area contributed by atoms with Gasteiger partial charge >= 0.3 is 5.97 Å². The van der Waals surface area contributed by atoms with Crippen molar-refractivity contribution in [3.05, 3.63) is 29.8 Å². The van der Waals surface area contributed by atoms with E-state index in [1.807, 2.05) is 19.1 Å². The molecule has 1 rings (SSSR count). The van der Waals surface area contributed by atoms with Crippen molar-refractivity contribution in [1.29, 1.82) is 0 Å². The maximum absolute atomic E-state index is 11.1. The summed E-state index contributed by atoms with van der Waals surface area (Å²) in [6.45, 7) is 3.25. The zero-order chi connectivity index (χ0) is 13.9. The second-order valence-corrected chi connectivity index (χ2v) is 4.36. The quantitative estimate of drug-likeness (QED) is 0.531. The van der Waals surface area contributed by atoms with Crippen molar-refractivity contribution in [2.24, 2.45) is 0 Å². The molecule has 0 saturated carbocycles. The summed E-state index contributed by atoms with van der Waals surface area (Å²) in [5.41, 5.74) is 2.28. The van der Waals surface area contributed by atoms with Gasteiger partial charge in [0.25, 0.3) is 0 Å². The van der Waals surface area contributed by atoms with Gasteiger partial charge in [0.05, 0.1) is 6.61 Å². The van der Waals surface area contributed by atoms with E-state index in [9.17, 15) is 4.79 Å². The molecule has 0 aromatic heterocycles. The van der Waals surface area contributed by atoms with E-state index in [1.54, 1.807) is 0 Å². The van der Waals surface area contributed by atoms with Gasteiger partial charge in [0.2, 0.25) is 0 Å². The van der Waals surface area contributed by atoms with Gasteiger partial charge in [-0.2, -0.15) is 0 Å². The summed E-state index contributed by atoms with van der Waals surface area (Å²) < 4.78 is 4.86. The SMILES string of the molecule is CCOC(=O)CCCNc1ccc(CCCO)cc1. The molecule has 0 unspecified atom stereocenters. The van der Waals surface area contributed by atoms with Gasteiger partial charge in [-0.15, -0.1) is 0 Å². The first-order chi connectivity index (χ1) is 9.26. The van der Waals surface area contributed by atoms with Crippen molar-refractivity contribution >= 4 is 11.7 Å². The number of hydrogen-bond donors (Lipinski definition) is 2. The van der Waals surface area contributed by atoms with Gasteiger partial charge in [0.1, 0.15) is 0 Å². The molecule has 1 aromatic carbocycles. The molecule has 0 saturated heterocycles. The maximum Gasteiger partial charge on any atom is 0.305 e. The van der Waals surface area contributed by atoms with Crippen LogP contribution in [0.3, 0.4) is 0 Å². The molecule has 0 aliphatic heterocycles. The normalized spacial score (nSPS) is 10.2. The molecule has 0 amide bonds. The zero-order valence-electron chi connectivity index (χ0n) is 11.5. The van der Waals surface area contributed by atoms with Crippen molar-refractivity contribution in [3.8, 4) is 0 Å². The maximum atomic E-state index is 11.1. The number of aryl methyl sites for hydroxylation is 1. The first-order valence-electron chi connectivity index (χ1n) is 6.85. The number of carbonyl (C=O) groups excluding carboxylic acids is 1. The average molecular weight is 265 g/mol. The Labute approximate surface area is 114 Å². The molecule has 19 heavy (non-hydrogen) atoms. The van der Waals surface area contributed by atoms with Gasteiger partial charge in [-0.1, -0.05) is 12.1 Å². The monoisotopic (exact) mass is 265 g/mol. The minimum Gasteiger partial charge on any atom is -0.466 e. The third-order valence-corrected chi connectivity index (χ3v) is 2.77. The molecular formula is C15H23NO3. The van der Waals surface area contributed by atoms with Gasteiger partial charge in [-0.25, -0.2) is 0 Å². The number of benzene rings is 1. The number of anilines is 1. The van der Waals surface area contributed by atoms with Crippen LogP contribution in [0.4, 0.5) is 5.69 Å². The lowest BCUT2D eigenvalue weighted by molar-refractivity contribution is -0.143. The summed E-state index contributed by atoms with van der Waals surface area (Å²) in [6, 6.07) is 8.17. The highest BCUT2D eigenvalue weighted by Gasteiger charge is 2.00. The summed E-state index contributed by atoms with van der Waals surface area (Å²) in [4.78, 5) is 11.1. The van der Waals surface area contributed by atoms with Crippen LogP contribution in [-0.4, -0.2) is 30.8 Å². The van der Waals surface area contributed by atoms with Gasteiger partial charge in [0.15, 0.2) is 0 Å². The smallest absolute Gasteiger partial charge is 0.305 e. The van der Waals surface area contributed by atoms with Crippen molar-refractivity contribution in [2.45, 2.75) is 32.6 Å². The Bertz CT molecular complexity index is 362. The second kappa shape index (κ2) is 9.39. The number of rotatable bonds is 9. The molecule has 0 aliphatic carbocycles. The van der Waals surface area contributed by atoms with Crippen LogP contribution in [0.25, 0.3) is 0 Å². The van der Waals surface area contributed by atoms with Crippen LogP contribution < -0.4 is 5.32 Å². The van der Waals surface area contributed by atoms with Crippen LogP contribution in [0.2, 0.25) is 0 Å². The van der Waals surface area contributed by atoms with Crippen LogP contribution in [0.5, 0.6) is 0 Å². The lowest BCUT2D eigenvalue weighted by Crippen LogP contribution is -2.08. The summed E-state index contributed by atoms with van der Waals surface area (Å²) >= 11 is 0. The molecule has 0 spiro atoms. The molecule has 0 fully saturated rings. The number of aliphatic hydroxyl groups excluding tert-OH is 1. The summed E-state index contributed by atoms with van der Waals surface area (Å²) in [5, 5.41) is 12.0. The summed E-state index contributed by atoms with van der Waals surface area (Å²) in [7, 11) is 0. The molecule has 1 aromatic rings. The standard InChI is InChI=1S/C15H23NO3/c1-2-19-15(18)6-3-11-16-14-9-7-13(8-10-14)5-4-12-17/h7-10,16-17H,2-6,11-12H2,1H3. The molecule has 0 heterocycles. The fourth-order valence-corrected chi connectivity index (χ4v) is 1.77. The molecule has 2 N–H and O–H groups in total. The fourth-order valence-electron chi connectivity index (χ4n) is 1.77. The Morgan fingerprint density at radius 2 is 2.00 bits per heavy atom. The fraction of sp³-hybridized carbons (Fsp3) is 0.533. The molecule has 0 bridgehead atoms. The first-order valence-corrected chi connectivity index (χ1v) is 6.85. The molecule has 4 nitrogen and oxygen atoms in total. The minimum atomic E-state index is -0.136. The highest BCUT2D eigenvalue weighted by atomic mass is 16.5. The summed E-state index contributed by atoms with van der Waals surface area (Å²) in [6.07, 6.45) is 2.92. The number of esters is 1. The van der Waals surface area contributed by atoms with E-state index in [-0.39, 0.29) is 12.6 Å². The zero-order valence-corrected chi connectivity index (χ0v) is 11.5. The van der Waals surface area contributed by atoms with Crippen molar-refractivity contribution < 1.29 is 14.6 Å². The second-order valence-electron chi connectivity index (χ2n) is 4.36. The molecular weight excluding hydrogens is 242 g/mol. The largest absolute Gasteiger partial charge is 0.466 e. The van der Waals surface area contributed by atoms with Gasteiger partial charge in [-0.3, -0.25) is 4.79 Å². The third-order valence-electron chi connectivity index (χ3n) is 2.77. The van der Waals surface area contributed by atoms with Crippen molar-refractivity contribution in [3.63, 3.8) is 0 Å². The Morgan fingerprint density at radius 1 is 1.26 bits per heavy atom. The van der Waals surface area contributed by atoms with E-state index >= 15 is 0 Å². The van der Waals surface area contributed by atoms with Crippen LogP contribution >= 0.6 is 0 Å².